The van der Waals surface area contributed by atoms with Gasteiger partial charge in [-0.05, 0) is 55.8 Å². The van der Waals surface area contributed by atoms with Crippen LogP contribution in [0.15, 0.2) is 12.1 Å². The zero-order chi connectivity index (χ0) is 14.3. The second-order valence-electron chi connectivity index (χ2n) is 6.08. The van der Waals surface area contributed by atoms with Crippen LogP contribution in [0.25, 0.3) is 0 Å². The number of ketones is 1. The Hall–Kier alpha value is -1.29. The van der Waals surface area contributed by atoms with Gasteiger partial charge in [0.25, 0.3) is 0 Å². The number of fused-ring (bicyclic) bond motifs is 1. The van der Waals surface area contributed by atoms with Gasteiger partial charge in [0.05, 0.1) is 5.56 Å². The van der Waals surface area contributed by atoms with Crippen molar-refractivity contribution < 1.29 is 13.6 Å². The first-order valence-corrected chi connectivity index (χ1v) is 7.28. The van der Waals surface area contributed by atoms with Gasteiger partial charge in [0.2, 0.25) is 0 Å². The standard InChI is InChI=1S/C16H19F2NO/c1-9-5-14(18)12(6-13(9)17)16(20)7-15-11-4-2-3-10(11)8-19-15/h5-6,10-11,15,19H,2-4,7-8H2,1H3. The van der Waals surface area contributed by atoms with Crippen LogP contribution in [0.5, 0.6) is 0 Å². The number of benzene rings is 1. The molecule has 2 fully saturated rings. The maximum Gasteiger partial charge on any atom is 0.167 e. The Kier molecular flexibility index (Phi) is 3.59. The molecule has 1 aliphatic heterocycles. The van der Waals surface area contributed by atoms with Crippen LogP contribution < -0.4 is 5.32 Å². The predicted molar refractivity (Wildman–Crippen MR) is 72.7 cm³/mol. The van der Waals surface area contributed by atoms with Crippen molar-refractivity contribution in [2.24, 2.45) is 11.8 Å². The number of nitrogens with one attached hydrogen (secondary N) is 1. The summed E-state index contributed by atoms with van der Waals surface area (Å²) in [6, 6.07) is 2.26. The van der Waals surface area contributed by atoms with E-state index in [1.807, 2.05) is 0 Å². The second kappa shape index (κ2) is 5.24. The Labute approximate surface area is 117 Å². The van der Waals surface area contributed by atoms with Gasteiger partial charge in [-0.3, -0.25) is 4.79 Å². The molecule has 0 spiro atoms. The van der Waals surface area contributed by atoms with Gasteiger partial charge in [-0.15, -0.1) is 0 Å². The van der Waals surface area contributed by atoms with Crippen LogP contribution in [-0.2, 0) is 0 Å². The molecule has 108 valence electrons. The highest BCUT2D eigenvalue weighted by Crippen LogP contribution is 2.39. The summed E-state index contributed by atoms with van der Waals surface area (Å²) < 4.78 is 27.3. The van der Waals surface area contributed by atoms with Gasteiger partial charge >= 0.3 is 0 Å². The average Bonchev–Trinajstić information content (AvgIpc) is 2.98. The van der Waals surface area contributed by atoms with Crippen LogP contribution in [0, 0.1) is 30.4 Å². The molecule has 1 aliphatic carbocycles. The Morgan fingerprint density at radius 3 is 2.90 bits per heavy atom. The highest BCUT2D eigenvalue weighted by molar-refractivity contribution is 5.96. The predicted octanol–water partition coefficient (Wildman–Crippen LogP) is 3.23. The fourth-order valence-electron chi connectivity index (χ4n) is 3.70. The largest absolute Gasteiger partial charge is 0.313 e. The molecule has 3 rings (SSSR count). The van der Waals surface area contributed by atoms with E-state index in [4.69, 9.17) is 0 Å². The number of Topliss-reactive ketones (excluding diaryl/α,β-unsaturated/α-hetero) is 1. The highest BCUT2D eigenvalue weighted by atomic mass is 19.1. The molecule has 1 saturated carbocycles. The lowest BCUT2D eigenvalue weighted by molar-refractivity contribution is 0.0959. The third-order valence-corrected chi connectivity index (χ3v) is 4.83. The van der Waals surface area contributed by atoms with E-state index in [-0.39, 0.29) is 29.4 Å². The zero-order valence-electron chi connectivity index (χ0n) is 11.6. The first-order valence-electron chi connectivity index (χ1n) is 7.28. The summed E-state index contributed by atoms with van der Waals surface area (Å²) in [7, 11) is 0. The monoisotopic (exact) mass is 279 g/mol. The number of hydrogen-bond acceptors (Lipinski definition) is 2. The zero-order valence-corrected chi connectivity index (χ0v) is 11.6. The summed E-state index contributed by atoms with van der Waals surface area (Å²) in [4.78, 5) is 12.2. The van der Waals surface area contributed by atoms with E-state index in [9.17, 15) is 13.6 Å². The topological polar surface area (TPSA) is 29.1 Å². The molecule has 0 amide bonds. The second-order valence-corrected chi connectivity index (χ2v) is 6.08. The quantitative estimate of drug-likeness (QED) is 0.861. The molecule has 1 aromatic carbocycles. The van der Waals surface area contributed by atoms with Crippen LogP contribution in [0.3, 0.4) is 0 Å². The summed E-state index contributed by atoms with van der Waals surface area (Å²) in [6.07, 6.45) is 3.84. The van der Waals surface area contributed by atoms with E-state index < -0.39 is 11.6 Å². The molecule has 1 N–H and O–H groups in total. The fraction of sp³-hybridized carbons (Fsp3) is 0.562. The van der Waals surface area contributed by atoms with E-state index in [1.165, 1.54) is 19.8 Å². The summed E-state index contributed by atoms with van der Waals surface area (Å²) in [5.41, 5.74) is 0.116. The lowest BCUT2D eigenvalue weighted by Gasteiger charge is -2.17. The minimum absolute atomic E-state index is 0.114. The Morgan fingerprint density at radius 1 is 1.30 bits per heavy atom. The normalized spacial score (nSPS) is 28.6. The van der Waals surface area contributed by atoms with Crippen molar-refractivity contribution in [1.29, 1.82) is 0 Å². The molecule has 3 unspecified atom stereocenters. The number of carbonyl (C=O) groups excluding carboxylic acids is 1. The molecule has 3 atom stereocenters. The Morgan fingerprint density at radius 2 is 2.10 bits per heavy atom. The lowest BCUT2D eigenvalue weighted by atomic mass is 9.90. The molecule has 2 aliphatic rings. The average molecular weight is 279 g/mol. The van der Waals surface area contributed by atoms with Crippen LogP contribution in [0.1, 0.15) is 41.6 Å². The van der Waals surface area contributed by atoms with Crippen LogP contribution in [0.4, 0.5) is 8.78 Å². The van der Waals surface area contributed by atoms with Crippen LogP contribution in [0.2, 0.25) is 0 Å². The van der Waals surface area contributed by atoms with Gasteiger partial charge in [0.1, 0.15) is 11.6 Å². The lowest BCUT2D eigenvalue weighted by Crippen LogP contribution is -2.30. The number of aryl methyl sites for hydroxylation is 1. The van der Waals surface area contributed by atoms with Crippen LogP contribution >= 0.6 is 0 Å². The third kappa shape index (κ3) is 2.37. The summed E-state index contributed by atoms with van der Waals surface area (Å²) in [5.74, 6) is -0.251. The highest BCUT2D eigenvalue weighted by Gasteiger charge is 2.39. The number of carbonyl (C=O) groups is 1. The molecule has 20 heavy (non-hydrogen) atoms. The van der Waals surface area contributed by atoms with Gasteiger partial charge in [-0.1, -0.05) is 6.42 Å². The smallest absolute Gasteiger partial charge is 0.167 e. The Bertz CT molecular complexity index is 544. The van der Waals surface area contributed by atoms with Crippen molar-refractivity contribution in [3.63, 3.8) is 0 Å². The fourth-order valence-corrected chi connectivity index (χ4v) is 3.70. The molecule has 2 nitrogen and oxygen atoms in total. The molecule has 0 aromatic heterocycles. The first-order chi connectivity index (χ1) is 9.56. The van der Waals surface area contributed by atoms with E-state index in [1.54, 1.807) is 0 Å². The molecule has 4 heteroatoms. The van der Waals surface area contributed by atoms with Crippen molar-refractivity contribution in [2.45, 2.75) is 38.6 Å². The molecule has 0 radical (unpaired) electrons. The summed E-state index contributed by atoms with van der Waals surface area (Å²) in [6.45, 7) is 2.45. The minimum atomic E-state index is -0.616. The van der Waals surface area contributed by atoms with Crippen molar-refractivity contribution in [3.05, 3.63) is 34.9 Å². The molecule has 1 saturated heterocycles. The van der Waals surface area contributed by atoms with Gasteiger partial charge in [-0.25, -0.2) is 8.78 Å². The maximum atomic E-state index is 13.8. The van der Waals surface area contributed by atoms with E-state index in [2.05, 4.69) is 5.32 Å². The van der Waals surface area contributed by atoms with Crippen molar-refractivity contribution in [2.75, 3.05) is 6.54 Å². The third-order valence-electron chi connectivity index (χ3n) is 4.83. The number of halogens is 2. The summed E-state index contributed by atoms with van der Waals surface area (Å²) >= 11 is 0. The van der Waals surface area contributed by atoms with Crippen molar-refractivity contribution in [1.82, 2.24) is 5.32 Å². The van der Waals surface area contributed by atoms with Gasteiger partial charge in [0.15, 0.2) is 5.78 Å². The summed E-state index contributed by atoms with van der Waals surface area (Å²) in [5, 5.41) is 3.37. The van der Waals surface area contributed by atoms with Gasteiger partial charge < -0.3 is 5.32 Å². The molecule has 1 aromatic rings. The van der Waals surface area contributed by atoms with Crippen molar-refractivity contribution in [3.8, 4) is 0 Å². The first kappa shape index (κ1) is 13.7. The maximum absolute atomic E-state index is 13.8. The van der Waals surface area contributed by atoms with E-state index in [0.717, 1.165) is 25.1 Å². The molecular formula is C16H19F2NO. The minimum Gasteiger partial charge on any atom is -0.313 e. The molecular weight excluding hydrogens is 260 g/mol. The molecule has 0 bridgehead atoms. The Balaban J connectivity index is 1.75. The van der Waals surface area contributed by atoms with Gasteiger partial charge in [-0.2, -0.15) is 0 Å². The van der Waals surface area contributed by atoms with E-state index >= 15 is 0 Å². The number of hydrogen-bond donors (Lipinski definition) is 1. The van der Waals surface area contributed by atoms with E-state index in [0.29, 0.717) is 11.8 Å². The SMILES string of the molecule is Cc1cc(F)c(C(=O)CC2NCC3CCCC32)cc1F. The molecule has 1 heterocycles. The van der Waals surface area contributed by atoms with Crippen LogP contribution in [-0.4, -0.2) is 18.4 Å². The number of rotatable bonds is 3. The van der Waals surface area contributed by atoms with Crippen molar-refractivity contribution >= 4 is 5.78 Å². The van der Waals surface area contributed by atoms with Gasteiger partial charge in [0, 0.05) is 12.5 Å².